The van der Waals surface area contributed by atoms with E-state index in [4.69, 9.17) is 4.74 Å². The average Bonchev–Trinajstić information content (AvgIpc) is 2.52. The zero-order valence-electron chi connectivity index (χ0n) is 13.7. The molecule has 2 fully saturated rings. The van der Waals surface area contributed by atoms with Crippen LogP contribution in [0, 0.1) is 5.41 Å². The first kappa shape index (κ1) is 17.2. The first-order valence-corrected chi connectivity index (χ1v) is 8.27. The van der Waals surface area contributed by atoms with Crippen molar-refractivity contribution in [3.8, 4) is 0 Å². The molecule has 6 heteroatoms. The number of ether oxygens (including phenoxy) is 1. The first-order chi connectivity index (χ1) is 10.5. The molecule has 0 bridgehead atoms. The lowest BCUT2D eigenvalue weighted by molar-refractivity contribution is -0.157. The lowest BCUT2D eigenvalue weighted by atomic mass is 9.76. The number of nitrogens with zero attached hydrogens (tertiary/aromatic N) is 2. The van der Waals surface area contributed by atoms with Crippen LogP contribution in [0.5, 0.6) is 0 Å². The number of hydrogen-bond donors (Lipinski definition) is 1. The number of piperidine rings is 1. The minimum absolute atomic E-state index is 0.00798. The van der Waals surface area contributed by atoms with E-state index in [1.54, 1.807) is 4.90 Å². The van der Waals surface area contributed by atoms with E-state index in [0.717, 1.165) is 32.4 Å². The van der Waals surface area contributed by atoms with Crippen LogP contribution >= 0.6 is 0 Å². The molecule has 2 heterocycles. The van der Waals surface area contributed by atoms with Gasteiger partial charge in [-0.3, -0.25) is 9.59 Å². The number of carboxylic acid groups (broad SMARTS) is 1. The second kappa shape index (κ2) is 7.42. The summed E-state index contributed by atoms with van der Waals surface area (Å²) >= 11 is 0. The summed E-state index contributed by atoms with van der Waals surface area (Å²) in [6.07, 6.45) is 4.03. The zero-order chi connectivity index (χ0) is 16.2. The Labute approximate surface area is 132 Å². The predicted octanol–water partition coefficient (Wildman–Crippen LogP) is 1.20. The van der Waals surface area contributed by atoms with E-state index < -0.39 is 11.4 Å². The minimum Gasteiger partial charge on any atom is -0.480 e. The van der Waals surface area contributed by atoms with E-state index in [-0.39, 0.29) is 18.5 Å². The molecular formula is C16H28N2O4. The summed E-state index contributed by atoms with van der Waals surface area (Å²) in [5.41, 5.74) is -0.441. The molecule has 0 aromatic carbocycles. The van der Waals surface area contributed by atoms with Crippen molar-refractivity contribution >= 4 is 11.9 Å². The number of likely N-dealkylation sites (N-methyl/N-ethyl adjacent to an activating group) is 1. The van der Waals surface area contributed by atoms with Crippen LogP contribution in [0.4, 0.5) is 0 Å². The van der Waals surface area contributed by atoms with Gasteiger partial charge in [-0.05, 0) is 45.7 Å². The summed E-state index contributed by atoms with van der Waals surface area (Å²) in [6.45, 7) is 4.78. The van der Waals surface area contributed by atoms with Gasteiger partial charge in [0, 0.05) is 25.8 Å². The third kappa shape index (κ3) is 3.79. The van der Waals surface area contributed by atoms with Crippen LogP contribution in [0.1, 0.15) is 39.0 Å². The fraction of sp³-hybridized carbons (Fsp3) is 0.875. The zero-order valence-corrected chi connectivity index (χ0v) is 13.7. The molecule has 1 atom stereocenters. The normalized spacial score (nSPS) is 25.6. The number of amides is 1. The van der Waals surface area contributed by atoms with Gasteiger partial charge in [-0.15, -0.1) is 0 Å². The summed E-state index contributed by atoms with van der Waals surface area (Å²) in [7, 11) is 2.03. The third-order valence-corrected chi connectivity index (χ3v) is 5.19. The highest BCUT2D eigenvalue weighted by Gasteiger charge is 2.43. The van der Waals surface area contributed by atoms with Gasteiger partial charge >= 0.3 is 5.97 Å². The third-order valence-electron chi connectivity index (χ3n) is 5.19. The average molecular weight is 312 g/mol. The SMILES string of the molecule is CCC1(C(=O)N(CC(=O)O)[C@H]2CCCN(C)C2)CCOCC1. The van der Waals surface area contributed by atoms with E-state index in [2.05, 4.69) is 4.90 Å². The summed E-state index contributed by atoms with van der Waals surface area (Å²) in [5, 5.41) is 9.25. The highest BCUT2D eigenvalue weighted by atomic mass is 16.5. The second-order valence-corrected chi connectivity index (χ2v) is 6.63. The smallest absolute Gasteiger partial charge is 0.323 e. The van der Waals surface area contributed by atoms with Gasteiger partial charge < -0.3 is 19.6 Å². The highest BCUT2D eigenvalue weighted by Crippen LogP contribution is 2.37. The van der Waals surface area contributed by atoms with Crippen molar-refractivity contribution in [2.24, 2.45) is 5.41 Å². The van der Waals surface area contributed by atoms with Gasteiger partial charge in [-0.2, -0.15) is 0 Å². The number of carbonyl (C=O) groups excluding carboxylic acids is 1. The van der Waals surface area contributed by atoms with Gasteiger partial charge in [-0.25, -0.2) is 0 Å². The van der Waals surface area contributed by atoms with Gasteiger partial charge in [0.15, 0.2) is 0 Å². The Kier molecular flexibility index (Phi) is 5.81. The maximum atomic E-state index is 13.2. The Bertz CT molecular complexity index is 407. The van der Waals surface area contributed by atoms with Crippen molar-refractivity contribution < 1.29 is 19.4 Å². The van der Waals surface area contributed by atoms with Crippen molar-refractivity contribution in [1.29, 1.82) is 0 Å². The van der Waals surface area contributed by atoms with Crippen LogP contribution in [0.25, 0.3) is 0 Å². The van der Waals surface area contributed by atoms with Crippen molar-refractivity contribution in [2.75, 3.05) is 39.9 Å². The van der Waals surface area contributed by atoms with Crippen LogP contribution in [0.15, 0.2) is 0 Å². The largest absolute Gasteiger partial charge is 0.480 e. The molecule has 0 radical (unpaired) electrons. The van der Waals surface area contributed by atoms with Crippen molar-refractivity contribution in [2.45, 2.75) is 45.1 Å². The number of carbonyl (C=O) groups is 2. The van der Waals surface area contributed by atoms with Gasteiger partial charge in [0.1, 0.15) is 6.54 Å². The lowest BCUT2D eigenvalue weighted by Gasteiger charge is -2.43. The second-order valence-electron chi connectivity index (χ2n) is 6.63. The summed E-state index contributed by atoms with van der Waals surface area (Å²) in [5.74, 6) is -0.916. The van der Waals surface area contributed by atoms with Gasteiger partial charge in [0.05, 0.1) is 5.41 Å². The standard InChI is InChI=1S/C16H28N2O4/c1-3-16(6-9-22-10-7-16)15(21)18(12-14(19)20)13-5-4-8-17(2)11-13/h13H,3-12H2,1-2H3,(H,19,20)/t13-/m0/s1. The Balaban J connectivity index is 2.19. The quantitative estimate of drug-likeness (QED) is 0.826. The number of likely N-dealkylation sites (tertiary alicyclic amines) is 1. The number of aliphatic carboxylic acids is 1. The molecule has 0 aliphatic carbocycles. The maximum Gasteiger partial charge on any atom is 0.323 e. The van der Waals surface area contributed by atoms with E-state index in [1.165, 1.54) is 0 Å². The molecule has 126 valence electrons. The van der Waals surface area contributed by atoms with Gasteiger partial charge in [0.2, 0.25) is 5.91 Å². The molecule has 0 spiro atoms. The molecule has 0 unspecified atom stereocenters. The summed E-state index contributed by atoms with van der Waals surface area (Å²) in [6, 6.07) is 0.00798. The van der Waals surface area contributed by atoms with Crippen LogP contribution in [-0.4, -0.2) is 72.7 Å². The topological polar surface area (TPSA) is 70.1 Å². The molecule has 2 aliphatic heterocycles. The number of hydrogen-bond acceptors (Lipinski definition) is 4. The molecule has 2 rings (SSSR count). The fourth-order valence-electron chi connectivity index (χ4n) is 3.69. The van der Waals surface area contributed by atoms with Crippen LogP contribution < -0.4 is 0 Å². The Morgan fingerprint density at radius 3 is 2.59 bits per heavy atom. The molecular weight excluding hydrogens is 284 g/mol. The van der Waals surface area contributed by atoms with E-state index in [9.17, 15) is 14.7 Å². The number of rotatable bonds is 5. The number of carboxylic acids is 1. The first-order valence-electron chi connectivity index (χ1n) is 8.27. The summed E-state index contributed by atoms with van der Waals surface area (Å²) < 4.78 is 5.40. The van der Waals surface area contributed by atoms with Crippen LogP contribution in [0.3, 0.4) is 0 Å². The van der Waals surface area contributed by atoms with E-state index in [1.807, 2.05) is 14.0 Å². The molecule has 1 N–H and O–H groups in total. The van der Waals surface area contributed by atoms with Crippen LogP contribution in [0.2, 0.25) is 0 Å². The summed E-state index contributed by atoms with van der Waals surface area (Å²) in [4.78, 5) is 28.3. The van der Waals surface area contributed by atoms with E-state index >= 15 is 0 Å². The lowest BCUT2D eigenvalue weighted by Crippen LogP contribution is -2.56. The highest BCUT2D eigenvalue weighted by molar-refractivity contribution is 5.86. The monoisotopic (exact) mass is 312 g/mol. The Hall–Kier alpha value is -1.14. The molecule has 2 aliphatic rings. The molecule has 0 aromatic heterocycles. The van der Waals surface area contributed by atoms with Crippen LogP contribution in [-0.2, 0) is 14.3 Å². The Morgan fingerprint density at radius 2 is 2.05 bits per heavy atom. The minimum atomic E-state index is -0.931. The van der Waals surface area contributed by atoms with E-state index in [0.29, 0.717) is 26.1 Å². The molecule has 2 saturated heterocycles. The van der Waals surface area contributed by atoms with Gasteiger partial charge in [0.25, 0.3) is 0 Å². The molecule has 1 amide bonds. The maximum absolute atomic E-state index is 13.2. The van der Waals surface area contributed by atoms with Gasteiger partial charge in [-0.1, -0.05) is 6.92 Å². The van der Waals surface area contributed by atoms with Crippen molar-refractivity contribution in [3.63, 3.8) is 0 Å². The molecule has 22 heavy (non-hydrogen) atoms. The molecule has 0 aromatic rings. The Morgan fingerprint density at radius 1 is 1.36 bits per heavy atom. The molecule has 0 saturated carbocycles. The van der Waals surface area contributed by atoms with Crippen molar-refractivity contribution in [3.05, 3.63) is 0 Å². The molecule has 6 nitrogen and oxygen atoms in total. The fourth-order valence-corrected chi connectivity index (χ4v) is 3.69. The van der Waals surface area contributed by atoms with Crippen molar-refractivity contribution in [1.82, 2.24) is 9.80 Å². The predicted molar refractivity (Wildman–Crippen MR) is 82.6 cm³/mol.